The second kappa shape index (κ2) is 5.04. The van der Waals surface area contributed by atoms with Crippen LogP contribution in [0.4, 0.5) is 0 Å². The highest BCUT2D eigenvalue weighted by Gasteiger charge is 2.02. The molecule has 0 aliphatic rings. The molecule has 0 N–H and O–H groups in total. The second-order valence-electron chi connectivity index (χ2n) is 4.19. The summed E-state index contributed by atoms with van der Waals surface area (Å²) >= 11 is 0. The van der Waals surface area contributed by atoms with E-state index in [1.165, 1.54) is 5.56 Å². The van der Waals surface area contributed by atoms with E-state index in [-0.39, 0.29) is 0 Å². The van der Waals surface area contributed by atoms with Crippen molar-refractivity contribution in [3.8, 4) is 5.75 Å². The smallest absolute Gasteiger partial charge is 0.132 e. The third-order valence-electron chi connectivity index (χ3n) is 2.88. The lowest BCUT2D eigenvalue weighted by Gasteiger charge is -2.04. The van der Waals surface area contributed by atoms with Crippen LogP contribution in [0.5, 0.6) is 5.75 Å². The molecule has 3 heteroatoms. The van der Waals surface area contributed by atoms with Crippen LogP contribution in [0.25, 0.3) is 0 Å². The Balaban J connectivity index is 1.97. The summed E-state index contributed by atoms with van der Waals surface area (Å²) in [7, 11) is 1.94. The Hall–Kier alpha value is -1.77. The molecule has 0 radical (unpaired) electrons. The molecule has 0 fully saturated rings. The van der Waals surface area contributed by atoms with Crippen LogP contribution < -0.4 is 4.74 Å². The topological polar surface area (TPSA) is 27.1 Å². The SMILES string of the molecule is CCc1ccc(OCc2cc(C)n(C)n2)cc1. The molecule has 3 nitrogen and oxygen atoms in total. The van der Waals surface area contributed by atoms with E-state index < -0.39 is 0 Å². The van der Waals surface area contributed by atoms with Crippen molar-refractivity contribution >= 4 is 0 Å². The molecule has 0 bridgehead atoms. The standard InChI is InChI=1S/C14H18N2O/c1-4-12-5-7-14(8-6-12)17-10-13-9-11(2)16(3)15-13/h5-9H,4,10H2,1-3H3. The van der Waals surface area contributed by atoms with Crippen LogP contribution in [-0.4, -0.2) is 9.78 Å². The van der Waals surface area contributed by atoms with E-state index in [0.717, 1.165) is 23.6 Å². The fourth-order valence-electron chi connectivity index (χ4n) is 1.68. The number of hydrogen-bond donors (Lipinski definition) is 0. The Morgan fingerprint density at radius 3 is 2.47 bits per heavy atom. The molecule has 2 rings (SSSR count). The van der Waals surface area contributed by atoms with Gasteiger partial charge in [-0.3, -0.25) is 4.68 Å². The fourth-order valence-corrected chi connectivity index (χ4v) is 1.68. The summed E-state index contributed by atoms with van der Waals surface area (Å²) in [5, 5.41) is 4.35. The summed E-state index contributed by atoms with van der Waals surface area (Å²) in [4.78, 5) is 0. The average Bonchev–Trinajstić information content (AvgIpc) is 2.67. The molecule has 0 aliphatic carbocycles. The van der Waals surface area contributed by atoms with Gasteiger partial charge in [-0.05, 0) is 37.1 Å². The van der Waals surface area contributed by atoms with Crippen LogP contribution >= 0.6 is 0 Å². The van der Waals surface area contributed by atoms with E-state index in [1.807, 2.05) is 36.9 Å². The van der Waals surface area contributed by atoms with Crippen molar-refractivity contribution in [2.75, 3.05) is 0 Å². The van der Waals surface area contributed by atoms with Crippen molar-refractivity contribution in [3.63, 3.8) is 0 Å². The number of rotatable bonds is 4. The quantitative estimate of drug-likeness (QED) is 0.807. The highest BCUT2D eigenvalue weighted by atomic mass is 16.5. The van der Waals surface area contributed by atoms with E-state index in [2.05, 4.69) is 24.2 Å². The Kier molecular flexibility index (Phi) is 3.47. The van der Waals surface area contributed by atoms with Gasteiger partial charge in [-0.2, -0.15) is 5.10 Å². The minimum Gasteiger partial charge on any atom is -0.487 e. The first kappa shape index (κ1) is 11.7. The molecule has 1 aromatic heterocycles. The van der Waals surface area contributed by atoms with Crippen molar-refractivity contribution < 1.29 is 4.74 Å². The number of nitrogens with zero attached hydrogens (tertiary/aromatic N) is 2. The molecule has 1 aromatic carbocycles. The number of benzene rings is 1. The Labute approximate surface area is 102 Å². The number of aryl methyl sites for hydroxylation is 3. The van der Waals surface area contributed by atoms with Gasteiger partial charge in [0, 0.05) is 12.7 Å². The van der Waals surface area contributed by atoms with Gasteiger partial charge in [0.2, 0.25) is 0 Å². The molecular formula is C14H18N2O. The van der Waals surface area contributed by atoms with E-state index in [4.69, 9.17) is 4.74 Å². The maximum atomic E-state index is 5.68. The van der Waals surface area contributed by atoms with Crippen LogP contribution in [0.2, 0.25) is 0 Å². The van der Waals surface area contributed by atoms with E-state index in [1.54, 1.807) is 0 Å². The zero-order valence-corrected chi connectivity index (χ0v) is 10.6. The van der Waals surface area contributed by atoms with Gasteiger partial charge >= 0.3 is 0 Å². The zero-order valence-electron chi connectivity index (χ0n) is 10.6. The first-order valence-corrected chi connectivity index (χ1v) is 5.90. The van der Waals surface area contributed by atoms with E-state index in [0.29, 0.717) is 6.61 Å². The molecule has 0 spiro atoms. The summed E-state index contributed by atoms with van der Waals surface area (Å²) in [6.07, 6.45) is 1.06. The van der Waals surface area contributed by atoms with Gasteiger partial charge in [0.05, 0.1) is 0 Å². The Bertz CT molecular complexity index is 466. The number of aromatic nitrogens is 2. The lowest BCUT2D eigenvalue weighted by molar-refractivity contribution is 0.300. The van der Waals surface area contributed by atoms with Gasteiger partial charge in [0.1, 0.15) is 18.1 Å². The van der Waals surface area contributed by atoms with Crippen molar-refractivity contribution in [3.05, 3.63) is 47.3 Å². The summed E-state index contributed by atoms with van der Waals surface area (Å²) in [6, 6.07) is 10.3. The highest BCUT2D eigenvalue weighted by molar-refractivity contribution is 5.27. The predicted octanol–water partition coefficient (Wildman–Crippen LogP) is 2.87. The molecule has 90 valence electrons. The third kappa shape index (κ3) is 2.87. The molecule has 1 heterocycles. The summed E-state index contributed by atoms with van der Waals surface area (Å²) in [5.74, 6) is 0.894. The highest BCUT2D eigenvalue weighted by Crippen LogP contribution is 2.14. The first-order valence-electron chi connectivity index (χ1n) is 5.90. The Morgan fingerprint density at radius 1 is 1.24 bits per heavy atom. The second-order valence-corrected chi connectivity index (χ2v) is 4.19. The van der Waals surface area contributed by atoms with Crippen molar-refractivity contribution in [1.29, 1.82) is 0 Å². The minimum absolute atomic E-state index is 0.521. The molecule has 0 saturated carbocycles. The molecule has 0 unspecified atom stereocenters. The van der Waals surface area contributed by atoms with Gasteiger partial charge in [-0.1, -0.05) is 19.1 Å². The monoisotopic (exact) mass is 230 g/mol. The van der Waals surface area contributed by atoms with Crippen LogP contribution in [0, 0.1) is 6.92 Å². The molecule has 2 aromatic rings. The fraction of sp³-hybridized carbons (Fsp3) is 0.357. The van der Waals surface area contributed by atoms with Gasteiger partial charge in [-0.25, -0.2) is 0 Å². The van der Waals surface area contributed by atoms with E-state index >= 15 is 0 Å². The molecule has 17 heavy (non-hydrogen) atoms. The van der Waals surface area contributed by atoms with Crippen LogP contribution in [0.1, 0.15) is 23.9 Å². The average molecular weight is 230 g/mol. The van der Waals surface area contributed by atoms with Gasteiger partial charge < -0.3 is 4.74 Å². The number of ether oxygens (including phenoxy) is 1. The Morgan fingerprint density at radius 2 is 1.94 bits per heavy atom. The van der Waals surface area contributed by atoms with Crippen LogP contribution in [0.3, 0.4) is 0 Å². The molecular weight excluding hydrogens is 212 g/mol. The van der Waals surface area contributed by atoms with Crippen LogP contribution in [-0.2, 0) is 20.1 Å². The summed E-state index contributed by atoms with van der Waals surface area (Å²) in [6.45, 7) is 4.70. The lowest BCUT2D eigenvalue weighted by Crippen LogP contribution is -1.98. The van der Waals surface area contributed by atoms with Gasteiger partial charge in [0.25, 0.3) is 0 Å². The first-order chi connectivity index (χ1) is 8.19. The van der Waals surface area contributed by atoms with E-state index in [9.17, 15) is 0 Å². The summed E-state index contributed by atoms with van der Waals surface area (Å²) in [5.41, 5.74) is 3.43. The van der Waals surface area contributed by atoms with Crippen molar-refractivity contribution in [2.24, 2.45) is 7.05 Å². The molecule has 0 amide bonds. The minimum atomic E-state index is 0.521. The van der Waals surface area contributed by atoms with Crippen molar-refractivity contribution in [2.45, 2.75) is 26.9 Å². The maximum absolute atomic E-state index is 5.68. The van der Waals surface area contributed by atoms with Gasteiger partial charge in [0.15, 0.2) is 0 Å². The van der Waals surface area contributed by atoms with Crippen molar-refractivity contribution in [1.82, 2.24) is 9.78 Å². The maximum Gasteiger partial charge on any atom is 0.132 e. The largest absolute Gasteiger partial charge is 0.487 e. The van der Waals surface area contributed by atoms with Gasteiger partial charge in [-0.15, -0.1) is 0 Å². The lowest BCUT2D eigenvalue weighted by atomic mass is 10.2. The molecule has 0 saturated heterocycles. The molecule has 0 atom stereocenters. The third-order valence-corrected chi connectivity index (χ3v) is 2.88. The predicted molar refractivity (Wildman–Crippen MR) is 68.1 cm³/mol. The zero-order chi connectivity index (χ0) is 12.3. The number of hydrogen-bond acceptors (Lipinski definition) is 2. The van der Waals surface area contributed by atoms with Crippen LogP contribution in [0.15, 0.2) is 30.3 Å². The summed E-state index contributed by atoms with van der Waals surface area (Å²) < 4.78 is 7.54. The normalized spacial score (nSPS) is 10.5. The molecule has 0 aliphatic heterocycles.